The zero-order chi connectivity index (χ0) is 19.6. The number of carbonyl (C=O) groups excluding carboxylic acids is 1. The first-order valence-electron chi connectivity index (χ1n) is 9.95. The van der Waals surface area contributed by atoms with Crippen molar-refractivity contribution in [3.63, 3.8) is 0 Å². The predicted molar refractivity (Wildman–Crippen MR) is 102 cm³/mol. The van der Waals surface area contributed by atoms with Gasteiger partial charge in [-0.25, -0.2) is 4.68 Å². The Balaban J connectivity index is 1.39. The van der Waals surface area contributed by atoms with Crippen LogP contribution in [0.25, 0.3) is 0 Å². The summed E-state index contributed by atoms with van der Waals surface area (Å²) in [5.74, 6) is 0.335. The molecule has 1 aromatic heterocycles. The predicted octanol–water partition coefficient (Wildman–Crippen LogP) is 1.36. The Morgan fingerprint density at radius 2 is 2.04 bits per heavy atom. The maximum absolute atomic E-state index is 12.9. The third kappa shape index (κ3) is 3.79. The van der Waals surface area contributed by atoms with Crippen LogP contribution in [0.3, 0.4) is 0 Å². The summed E-state index contributed by atoms with van der Waals surface area (Å²) in [6.45, 7) is 5.24. The average molecular weight is 385 g/mol. The molecule has 28 heavy (non-hydrogen) atoms. The highest BCUT2D eigenvalue weighted by Crippen LogP contribution is 2.39. The molecular formula is C20H27N5O3. The van der Waals surface area contributed by atoms with Gasteiger partial charge in [0.25, 0.3) is 5.91 Å². The van der Waals surface area contributed by atoms with Gasteiger partial charge in [-0.3, -0.25) is 4.79 Å². The zero-order valence-corrected chi connectivity index (χ0v) is 16.2. The minimum absolute atomic E-state index is 0.0230. The van der Waals surface area contributed by atoms with Gasteiger partial charge in [0.1, 0.15) is 6.33 Å². The first-order valence-corrected chi connectivity index (χ1v) is 9.95. The van der Waals surface area contributed by atoms with Crippen LogP contribution >= 0.6 is 0 Å². The summed E-state index contributed by atoms with van der Waals surface area (Å²) in [4.78, 5) is 14.8. The number of rotatable bonds is 4. The number of carbonyl (C=O) groups is 1. The van der Waals surface area contributed by atoms with Crippen LogP contribution < -0.4 is 0 Å². The van der Waals surface area contributed by atoms with Gasteiger partial charge in [-0.15, -0.1) is 5.10 Å². The third-order valence-electron chi connectivity index (χ3n) is 6.28. The van der Waals surface area contributed by atoms with Gasteiger partial charge in [0.15, 0.2) is 0 Å². The van der Waals surface area contributed by atoms with Crippen LogP contribution in [-0.4, -0.2) is 68.0 Å². The van der Waals surface area contributed by atoms with Crippen LogP contribution in [0.5, 0.6) is 0 Å². The Morgan fingerprint density at radius 3 is 2.68 bits per heavy atom. The van der Waals surface area contributed by atoms with Crippen molar-refractivity contribution in [1.82, 2.24) is 25.1 Å². The van der Waals surface area contributed by atoms with E-state index in [4.69, 9.17) is 4.74 Å². The van der Waals surface area contributed by atoms with E-state index in [0.717, 1.165) is 31.6 Å². The molecule has 1 aromatic carbocycles. The number of piperidine rings is 1. The number of nitrogens with zero attached hydrogens (tertiary/aromatic N) is 5. The van der Waals surface area contributed by atoms with Gasteiger partial charge in [0.05, 0.1) is 12.1 Å². The van der Waals surface area contributed by atoms with Crippen LogP contribution in [0.1, 0.15) is 42.1 Å². The van der Waals surface area contributed by atoms with E-state index in [9.17, 15) is 9.90 Å². The van der Waals surface area contributed by atoms with Crippen molar-refractivity contribution >= 4 is 5.91 Å². The fourth-order valence-electron chi connectivity index (χ4n) is 4.50. The fourth-order valence-corrected chi connectivity index (χ4v) is 4.50. The topological polar surface area (TPSA) is 93.4 Å². The maximum atomic E-state index is 12.9. The van der Waals surface area contributed by atoms with E-state index in [1.165, 1.54) is 0 Å². The minimum atomic E-state index is -0.698. The Hall–Kier alpha value is -2.32. The van der Waals surface area contributed by atoms with Gasteiger partial charge in [-0.2, -0.15) is 0 Å². The lowest BCUT2D eigenvalue weighted by Gasteiger charge is -2.48. The Kier molecular flexibility index (Phi) is 5.41. The molecule has 0 unspecified atom stereocenters. The van der Waals surface area contributed by atoms with E-state index in [-0.39, 0.29) is 17.7 Å². The molecule has 1 amide bonds. The van der Waals surface area contributed by atoms with E-state index in [1.54, 1.807) is 11.0 Å². The summed E-state index contributed by atoms with van der Waals surface area (Å²) >= 11 is 0. The van der Waals surface area contributed by atoms with Crippen molar-refractivity contribution in [2.45, 2.75) is 38.3 Å². The van der Waals surface area contributed by atoms with E-state index in [0.29, 0.717) is 31.6 Å². The van der Waals surface area contributed by atoms with Gasteiger partial charge < -0.3 is 14.7 Å². The van der Waals surface area contributed by atoms with Crippen LogP contribution in [0.4, 0.5) is 0 Å². The van der Waals surface area contributed by atoms with E-state index >= 15 is 0 Å². The second kappa shape index (κ2) is 7.97. The number of likely N-dealkylation sites (tertiary alicyclic amines) is 1. The Bertz CT molecular complexity index is 789. The SMILES string of the molecule is C[C@@H]1CN(C(=O)c2ccc(Cn3cnnn3)cc2)CC[C@@]1(O)C1CCOCC1. The number of aliphatic hydroxyl groups is 1. The van der Waals surface area contributed by atoms with Crippen molar-refractivity contribution in [3.8, 4) is 0 Å². The molecule has 2 aliphatic heterocycles. The highest BCUT2D eigenvalue weighted by Gasteiger charge is 2.46. The number of ether oxygens (including phenoxy) is 1. The summed E-state index contributed by atoms with van der Waals surface area (Å²) in [7, 11) is 0. The Morgan fingerprint density at radius 1 is 1.29 bits per heavy atom. The van der Waals surface area contributed by atoms with Crippen LogP contribution in [-0.2, 0) is 11.3 Å². The van der Waals surface area contributed by atoms with E-state index in [2.05, 4.69) is 22.4 Å². The smallest absolute Gasteiger partial charge is 0.253 e. The van der Waals surface area contributed by atoms with Gasteiger partial charge in [-0.05, 0) is 53.3 Å². The third-order valence-corrected chi connectivity index (χ3v) is 6.28. The molecule has 8 heteroatoms. The number of hydrogen-bond acceptors (Lipinski definition) is 6. The van der Waals surface area contributed by atoms with Crippen molar-refractivity contribution in [1.29, 1.82) is 0 Å². The molecule has 2 fully saturated rings. The summed E-state index contributed by atoms with van der Waals surface area (Å²) in [6.07, 6.45) is 3.99. The fraction of sp³-hybridized carbons (Fsp3) is 0.600. The number of benzene rings is 1. The molecule has 2 atom stereocenters. The lowest BCUT2D eigenvalue weighted by Crippen LogP contribution is -2.56. The van der Waals surface area contributed by atoms with Crippen LogP contribution in [0.2, 0.25) is 0 Å². The number of tetrazole rings is 1. The first-order chi connectivity index (χ1) is 13.6. The summed E-state index contributed by atoms with van der Waals surface area (Å²) in [5.41, 5.74) is 1.00. The molecule has 0 aliphatic carbocycles. The molecule has 0 radical (unpaired) electrons. The molecule has 2 saturated heterocycles. The maximum Gasteiger partial charge on any atom is 0.253 e. The molecule has 4 rings (SSSR count). The molecule has 2 aromatic rings. The van der Waals surface area contributed by atoms with Crippen LogP contribution in [0, 0.1) is 11.8 Å². The van der Waals surface area contributed by atoms with Gasteiger partial charge >= 0.3 is 0 Å². The monoisotopic (exact) mass is 385 g/mol. The van der Waals surface area contributed by atoms with E-state index in [1.807, 2.05) is 29.2 Å². The minimum Gasteiger partial charge on any atom is -0.389 e. The molecular weight excluding hydrogens is 358 g/mol. The lowest BCUT2D eigenvalue weighted by atomic mass is 9.70. The molecule has 3 heterocycles. The highest BCUT2D eigenvalue weighted by molar-refractivity contribution is 5.94. The molecule has 150 valence electrons. The van der Waals surface area contributed by atoms with Crippen molar-refractivity contribution in [2.24, 2.45) is 11.8 Å². The largest absolute Gasteiger partial charge is 0.389 e. The van der Waals surface area contributed by atoms with Crippen molar-refractivity contribution in [3.05, 3.63) is 41.7 Å². The van der Waals surface area contributed by atoms with Crippen molar-refractivity contribution in [2.75, 3.05) is 26.3 Å². The average Bonchev–Trinajstić information content (AvgIpc) is 3.24. The lowest BCUT2D eigenvalue weighted by molar-refractivity contribution is -0.125. The van der Waals surface area contributed by atoms with Gasteiger partial charge in [0, 0.05) is 37.8 Å². The molecule has 0 bridgehead atoms. The zero-order valence-electron chi connectivity index (χ0n) is 16.2. The van der Waals surface area contributed by atoms with Gasteiger partial charge in [-0.1, -0.05) is 19.1 Å². The molecule has 8 nitrogen and oxygen atoms in total. The number of hydrogen-bond donors (Lipinski definition) is 1. The summed E-state index contributed by atoms with van der Waals surface area (Å²) in [5, 5.41) is 22.4. The first kappa shape index (κ1) is 19.0. The summed E-state index contributed by atoms with van der Waals surface area (Å²) in [6, 6.07) is 7.57. The summed E-state index contributed by atoms with van der Waals surface area (Å²) < 4.78 is 7.08. The van der Waals surface area contributed by atoms with E-state index < -0.39 is 5.60 Å². The number of aromatic nitrogens is 4. The second-order valence-corrected chi connectivity index (χ2v) is 7.98. The van der Waals surface area contributed by atoms with Crippen LogP contribution in [0.15, 0.2) is 30.6 Å². The Labute approximate surface area is 164 Å². The number of amides is 1. The molecule has 0 saturated carbocycles. The van der Waals surface area contributed by atoms with Crippen molar-refractivity contribution < 1.29 is 14.6 Å². The highest BCUT2D eigenvalue weighted by atomic mass is 16.5. The van der Waals surface area contributed by atoms with Gasteiger partial charge in [0.2, 0.25) is 0 Å². The normalized spacial score (nSPS) is 26.4. The quantitative estimate of drug-likeness (QED) is 0.854. The second-order valence-electron chi connectivity index (χ2n) is 7.98. The molecule has 2 aliphatic rings. The molecule has 1 N–H and O–H groups in total. The standard InChI is InChI=1S/C20H27N5O3/c1-15-12-24(9-8-20(15,27)18-6-10-28-11-7-18)19(26)17-4-2-16(3-5-17)13-25-14-21-22-23-25/h2-5,14-15,18,27H,6-13H2,1H3/t15-,20+/m1/s1. The molecule has 0 spiro atoms.